The van der Waals surface area contributed by atoms with Crippen LogP contribution in [0.15, 0.2) is 103 Å². The number of nitrogens with zero attached hydrogens (tertiary/aromatic N) is 1. The topological polar surface area (TPSA) is 164 Å². The quantitative estimate of drug-likeness (QED) is 0.0913. The van der Waals surface area contributed by atoms with Gasteiger partial charge in [0.25, 0.3) is 5.91 Å². The van der Waals surface area contributed by atoms with Crippen molar-refractivity contribution < 1.29 is 38.9 Å². The van der Waals surface area contributed by atoms with E-state index in [4.69, 9.17) is 14.6 Å². The summed E-state index contributed by atoms with van der Waals surface area (Å²) in [6.07, 6.45) is 1.89. The van der Waals surface area contributed by atoms with Crippen LogP contribution in [-0.4, -0.2) is 45.0 Å². The fourth-order valence-corrected chi connectivity index (χ4v) is 5.19. The van der Waals surface area contributed by atoms with E-state index in [1.807, 2.05) is 42.5 Å². The minimum absolute atomic E-state index is 0.0265. The van der Waals surface area contributed by atoms with Crippen LogP contribution in [0, 0.1) is 0 Å². The van der Waals surface area contributed by atoms with Crippen LogP contribution in [0.25, 0.3) is 10.8 Å². The SMILES string of the molecule is CC(C)(C)c1ccc(Oc2ccc3cnc(C(=O)N[C@@H](Cc4ccc(Oc5ccc(NC(=O)CCCC(=O)O)cc5)cc4)C(=O)O)cc3c2)cc1. The third-order valence-corrected chi connectivity index (χ3v) is 8.02. The highest BCUT2D eigenvalue weighted by atomic mass is 16.5. The van der Waals surface area contributed by atoms with Gasteiger partial charge >= 0.3 is 11.9 Å². The summed E-state index contributed by atoms with van der Waals surface area (Å²) in [4.78, 5) is 52.2. The molecule has 5 aromatic rings. The van der Waals surface area contributed by atoms with E-state index in [0.717, 1.165) is 5.39 Å². The van der Waals surface area contributed by atoms with E-state index < -0.39 is 23.9 Å². The number of anilines is 1. The molecule has 0 saturated carbocycles. The van der Waals surface area contributed by atoms with E-state index in [1.54, 1.807) is 60.8 Å². The number of rotatable bonds is 14. The average Bonchev–Trinajstić information content (AvgIpc) is 3.09. The van der Waals surface area contributed by atoms with E-state index in [-0.39, 0.29) is 42.7 Å². The molecule has 0 unspecified atom stereocenters. The first-order valence-corrected chi connectivity index (χ1v) is 16.4. The number of carboxylic acid groups (broad SMARTS) is 2. The normalized spacial score (nSPS) is 11.7. The number of benzene rings is 4. The fourth-order valence-electron chi connectivity index (χ4n) is 5.19. The Labute approximate surface area is 295 Å². The summed E-state index contributed by atoms with van der Waals surface area (Å²) in [6.45, 7) is 6.44. The van der Waals surface area contributed by atoms with Gasteiger partial charge in [-0.3, -0.25) is 19.4 Å². The highest BCUT2D eigenvalue weighted by Gasteiger charge is 2.22. The Balaban J connectivity index is 1.17. The second-order valence-electron chi connectivity index (χ2n) is 13.1. The molecule has 11 nitrogen and oxygen atoms in total. The molecule has 0 radical (unpaired) electrons. The number of hydrogen-bond donors (Lipinski definition) is 4. The number of amides is 2. The molecule has 1 aromatic heterocycles. The molecule has 11 heteroatoms. The summed E-state index contributed by atoms with van der Waals surface area (Å²) < 4.78 is 11.9. The largest absolute Gasteiger partial charge is 0.481 e. The van der Waals surface area contributed by atoms with Gasteiger partial charge in [0.2, 0.25) is 5.91 Å². The molecule has 1 heterocycles. The van der Waals surface area contributed by atoms with Crippen molar-refractivity contribution >= 4 is 40.2 Å². The summed E-state index contributed by atoms with van der Waals surface area (Å²) in [7, 11) is 0. The maximum atomic E-state index is 13.2. The van der Waals surface area contributed by atoms with Crippen LogP contribution in [-0.2, 0) is 26.2 Å². The summed E-state index contributed by atoms with van der Waals surface area (Å²) in [5.74, 6) is -0.734. The summed E-state index contributed by atoms with van der Waals surface area (Å²) in [5, 5.41) is 25.4. The van der Waals surface area contributed by atoms with E-state index in [2.05, 4.69) is 36.4 Å². The van der Waals surface area contributed by atoms with E-state index >= 15 is 0 Å². The van der Waals surface area contributed by atoms with Crippen LogP contribution in [0.1, 0.15) is 61.6 Å². The number of pyridine rings is 1. The van der Waals surface area contributed by atoms with Crippen LogP contribution >= 0.6 is 0 Å². The zero-order valence-corrected chi connectivity index (χ0v) is 28.5. The first-order chi connectivity index (χ1) is 24.3. The molecular weight excluding hydrogens is 650 g/mol. The minimum Gasteiger partial charge on any atom is -0.481 e. The molecule has 2 amide bonds. The standard InChI is InChI=1S/C40H39N3O8/c1-40(2,3)28-10-17-31(18-11-28)51-33-16-9-26-24-41-34(23-27(26)22-33)38(47)43-35(39(48)49)21-25-7-14-30(15-8-25)50-32-19-12-29(13-20-32)42-36(44)5-4-6-37(45)46/h7-20,22-24,35H,4-6,21H2,1-3H3,(H,42,44)(H,43,47)(H,45,46)(H,48,49)/t35-/m0/s1. The van der Waals surface area contributed by atoms with E-state index in [0.29, 0.717) is 39.6 Å². The van der Waals surface area contributed by atoms with Crippen molar-refractivity contribution in [2.75, 3.05) is 5.32 Å². The van der Waals surface area contributed by atoms with Gasteiger partial charge < -0.3 is 30.3 Å². The molecular formula is C40H39N3O8. The smallest absolute Gasteiger partial charge is 0.326 e. The van der Waals surface area contributed by atoms with Crippen molar-refractivity contribution in [1.82, 2.24) is 10.3 Å². The number of carbonyl (C=O) groups is 4. The van der Waals surface area contributed by atoms with Crippen LogP contribution in [0.2, 0.25) is 0 Å². The van der Waals surface area contributed by atoms with Gasteiger partial charge in [-0.05, 0) is 101 Å². The number of hydrogen-bond acceptors (Lipinski definition) is 7. The van der Waals surface area contributed by atoms with Gasteiger partial charge in [-0.25, -0.2) is 4.79 Å². The van der Waals surface area contributed by atoms with Crippen LogP contribution in [0.4, 0.5) is 5.69 Å². The third-order valence-electron chi connectivity index (χ3n) is 8.02. The molecule has 4 N–H and O–H groups in total. The van der Waals surface area contributed by atoms with Crippen molar-refractivity contribution in [3.05, 3.63) is 120 Å². The van der Waals surface area contributed by atoms with Crippen LogP contribution < -0.4 is 20.1 Å². The van der Waals surface area contributed by atoms with Crippen molar-refractivity contribution in [2.45, 2.75) is 57.9 Å². The molecule has 4 aromatic carbocycles. The lowest BCUT2D eigenvalue weighted by atomic mass is 9.87. The zero-order valence-electron chi connectivity index (χ0n) is 28.5. The Morgan fingerprint density at radius 3 is 1.92 bits per heavy atom. The van der Waals surface area contributed by atoms with Gasteiger partial charge in [0.1, 0.15) is 34.7 Å². The summed E-state index contributed by atoms with van der Waals surface area (Å²) in [5.41, 5.74) is 2.51. The highest BCUT2D eigenvalue weighted by Crippen LogP contribution is 2.29. The van der Waals surface area contributed by atoms with Crippen molar-refractivity contribution in [3.63, 3.8) is 0 Å². The number of ether oxygens (including phenoxy) is 2. The van der Waals surface area contributed by atoms with Gasteiger partial charge in [0.15, 0.2) is 0 Å². The molecule has 0 spiro atoms. The van der Waals surface area contributed by atoms with E-state index in [9.17, 15) is 24.3 Å². The third kappa shape index (κ3) is 10.4. The Bertz CT molecular complexity index is 2020. The molecule has 0 aliphatic carbocycles. The molecule has 0 bridgehead atoms. The van der Waals surface area contributed by atoms with Gasteiger partial charge in [0, 0.05) is 36.5 Å². The predicted octanol–water partition coefficient (Wildman–Crippen LogP) is 7.74. The number of carboxylic acids is 2. The van der Waals surface area contributed by atoms with Crippen molar-refractivity contribution in [2.24, 2.45) is 0 Å². The first kappa shape index (κ1) is 36.1. The maximum Gasteiger partial charge on any atom is 0.326 e. The highest BCUT2D eigenvalue weighted by molar-refractivity contribution is 5.98. The molecule has 0 aliphatic heterocycles. The monoisotopic (exact) mass is 689 g/mol. The molecule has 0 aliphatic rings. The van der Waals surface area contributed by atoms with Crippen LogP contribution in [0.5, 0.6) is 23.0 Å². The number of fused-ring (bicyclic) bond motifs is 1. The molecule has 0 fully saturated rings. The number of carbonyl (C=O) groups excluding carboxylic acids is 2. The first-order valence-electron chi connectivity index (χ1n) is 16.4. The number of aromatic nitrogens is 1. The second-order valence-corrected chi connectivity index (χ2v) is 13.1. The lowest BCUT2D eigenvalue weighted by molar-refractivity contribution is -0.139. The Morgan fingerprint density at radius 2 is 1.31 bits per heavy atom. The van der Waals surface area contributed by atoms with Gasteiger partial charge in [-0.2, -0.15) is 0 Å². The average molecular weight is 690 g/mol. The minimum atomic E-state index is -1.21. The summed E-state index contributed by atoms with van der Waals surface area (Å²) >= 11 is 0. The lowest BCUT2D eigenvalue weighted by Crippen LogP contribution is -2.42. The van der Waals surface area contributed by atoms with Gasteiger partial charge in [-0.1, -0.05) is 45.0 Å². The summed E-state index contributed by atoms with van der Waals surface area (Å²) in [6, 6.07) is 27.3. The Morgan fingerprint density at radius 1 is 0.725 bits per heavy atom. The van der Waals surface area contributed by atoms with Crippen molar-refractivity contribution in [1.29, 1.82) is 0 Å². The zero-order chi connectivity index (χ0) is 36.5. The van der Waals surface area contributed by atoms with Crippen LogP contribution in [0.3, 0.4) is 0 Å². The maximum absolute atomic E-state index is 13.2. The number of nitrogens with one attached hydrogen (secondary N) is 2. The van der Waals surface area contributed by atoms with E-state index in [1.165, 1.54) is 5.56 Å². The van der Waals surface area contributed by atoms with Crippen molar-refractivity contribution in [3.8, 4) is 23.0 Å². The Kier molecular flexibility index (Phi) is 11.3. The molecule has 0 saturated heterocycles. The Hall–Kier alpha value is -6.23. The number of aliphatic carboxylic acids is 2. The van der Waals surface area contributed by atoms with Gasteiger partial charge in [0.05, 0.1) is 0 Å². The molecule has 1 atom stereocenters. The lowest BCUT2D eigenvalue weighted by Gasteiger charge is -2.19. The molecule has 51 heavy (non-hydrogen) atoms. The molecule has 262 valence electrons. The fraction of sp³-hybridized carbons (Fsp3) is 0.225. The molecule has 5 rings (SSSR count). The predicted molar refractivity (Wildman–Crippen MR) is 193 cm³/mol. The van der Waals surface area contributed by atoms with Gasteiger partial charge in [-0.15, -0.1) is 0 Å². The second kappa shape index (κ2) is 16.0.